The fourth-order valence-corrected chi connectivity index (χ4v) is 1.77. The van der Waals surface area contributed by atoms with Crippen LogP contribution in [0.15, 0.2) is 0 Å². The maximum absolute atomic E-state index is 11.8. The Morgan fingerprint density at radius 1 is 1.15 bits per heavy atom. The molecule has 0 unspecified atom stereocenters. The molecule has 0 rings (SSSR count). The van der Waals surface area contributed by atoms with Gasteiger partial charge in [-0.05, 0) is 18.7 Å². The fraction of sp³-hybridized carbons (Fsp3) is 1.00. The summed E-state index contributed by atoms with van der Waals surface area (Å²) >= 11 is 0.980. The lowest BCUT2D eigenvalue weighted by atomic mass is 9.98. The second-order valence-electron chi connectivity index (χ2n) is 2.81. The monoisotopic (exact) mass is 214 g/mol. The molecule has 0 aromatic rings. The van der Waals surface area contributed by atoms with Gasteiger partial charge in [-0.25, -0.2) is 0 Å². The van der Waals surface area contributed by atoms with Crippen molar-refractivity contribution >= 4 is 18.7 Å². The van der Waals surface area contributed by atoms with Gasteiger partial charge in [0.1, 0.15) is 0 Å². The SMILES string of the molecule is CCN(CC)CCSC[B-](F)(F)F. The first-order valence-corrected chi connectivity index (χ1v) is 5.66. The van der Waals surface area contributed by atoms with Gasteiger partial charge in [-0.15, -0.1) is 0 Å². The number of hydrogen-bond acceptors (Lipinski definition) is 2. The highest BCUT2D eigenvalue weighted by molar-refractivity contribution is 8.00. The minimum absolute atomic E-state index is 0.572. The van der Waals surface area contributed by atoms with E-state index in [2.05, 4.69) is 4.90 Å². The van der Waals surface area contributed by atoms with Crippen molar-refractivity contribution in [2.45, 2.75) is 13.8 Å². The maximum Gasteiger partial charge on any atom is 0.488 e. The molecule has 0 saturated carbocycles. The highest BCUT2D eigenvalue weighted by atomic mass is 32.2. The molecule has 0 aliphatic carbocycles. The summed E-state index contributed by atoms with van der Waals surface area (Å²) < 4.78 is 35.3. The third kappa shape index (κ3) is 8.49. The summed E-state index contributed by atoms with van der Waals surface area (Å²) in [5.74, 6) is 0.572. The van der Waals surface area contributed by atoms with Crippen molar-refractivity contribution in [3.05, 3.63) is 0 Å². The van der Waals surface area contributed by atoms with Gasteiger partial charge in [0.15, 0.2) is 0 Å². The van der Waals surface area contributed by atoms with Crippen LogP contribution in [0.1, 0.15) is 13.8 Å². The summed E-state index contributed by atoms with van der Waals surface area (Å²) in [6.07, 6.45) is 0. The zero-order valence-corrected chi connectivity index (χ0v) is 8.92. The number of thioether (sulfide) groups is 1. The molecule has 0 bridgehead atoms. The summed E-state index contributed by atoms with van der Waals surface area (Å²) in [6, 6.07) is 0. The van der Waals surface area contributed by atoms with Crippen LogP contribution in [0.4, 0.5) is 12.9 Å². The van der Waals surface area contributed by atoms with Crippen molar-refractivity contribution in [2.24, 2.45) is 0 Å². The summed E-state index contributed by atoms with van der Waals surface area (Å²) in [5.41, 5.74) is -0.665. The largest absolute Gasteiger partial charge is 0.488 e. The van der Waals surface area contributed by atoms with Crippen LogP contribution in [-0.2, 0) is 0 Å². The predicted octanol–water partition coefficient (Wildman–Crippen LogP) is 2.45. The van der Waals surface area contributed by atoms with E-state index in [-0.39, 0.29) is 0 Å². The van der Waals surface area contributed by atoms with E-state index in [0.717, 1.165) is 31.4 Å². The van der Waals surface area contributed by atoms with E-state index in [0.29, 0.717) is 5.75 Å². The van der Waals surface area contributed by atoms with Crippen molar-refractivity contribution in [1.82, 2.24) is 4.90 Å². The van der Waals surface area contributed by atoms with Gasteiger partial charge in [-0.1, -0.05) is 13.8 Å². The van der Waals surface area contributed by atoms with Crippen molar-refractivity contribution < 1.29 is 12.9 Å². The molecule has 80 valence electrons. The number of hydrogen-bond donors (Lipinski definition) is 0. The number of rotatable bonds is 7. The summed E-state index contributed by atoms with van der Waals surface area (Å²) in [5, 5.41) is 0. The van der Waals surface area contributed by atoms with Gasteiger partial charge in [0.2, 0.25) is 0 Å². The topological polar surface area (TPSA) is 3.24 Å². The molecule has 0 heterocycles. The molecule has 0 aromatic heterocycles. The van der Waals surface area contributed by atoms with Gasteiger partial charge in [-0.2, -0.15) is 11.8 Å². The Balaban J connectivity index is 3.34. The van der Waals surface area contributed by atoms with Crippen molar-refractivity contribution in [2.75, 3.05) is 31.0 Å². The number of nitrogens with zero attached hydrogens (tertiary/aromatic N) is 1. The van der Waals surface area contributed by atoms with Crippen LogP contribution in [0.25, 0.3) is 0 Å². The van der Waals surface area contributed by atoms with Crippen molar-refractivity contribution in [3.8, 4) is 0 Å². The van der Waals surface area contributed by atoms with Crippen molar-refractivity contribution in [1.29, 1.82) is 0 Å². The lowest BCUT2D eigenvalue weighted by Crippen LogP contribution is -2.26. The molecule has 0 atom stereocenters. The predicted molar refractivity (Wildman–Crippen MR) is 54.2 cm³/mol. The van der Waals surface area contributed by atoms with E-state index in [1.165, 1.54) is 0 Å². The smallest absolute Gasteiger partial charge is 0.448 e. The van der Waals surface area contributed by atoms with E-state index in [1.807, 2.05) is 13.8 Å². The van der Waals surface area contributed by atoms with Crippen LogP contribution < -0.4 is 0 Å². The first-order valence-electron chi connectivity index (χ1n) is 4.50. The van der Waals surface area contributed by atoms with E-state index in [1.54, 1.807) is 0 Å². The zero-order valence-electron chi connectivity index (χ0n) is 8.10. The van der Waals surface area contributed by atoms with Gasteiger partial charge < -0.3 is 17.8 Å². The Kier molecular flexibility index (Phi) is 6.68. The molecule has 0 amide bonds. The molecular weight excluding hydrogens is 198 g/mol. The first-order chi connectivity index (χ1) is 5.99. The molecule has 0 spiro atoms. The van der Waals surface area contributed by atoms with E-state index >= 15 is 0 Å². The van der Waals surface area contributed by atoms with Gasteiger partial charge in [0.25, 0.3) is 0 Å². The Morgan fingerprint density at radius 3 is 2.08 bits per heavy atom. The lowest BCUT2D eigenvalue weighted by Gasteiger charge is -2.18. The third-order valence-electron chi connectivity index (χ3n) is 1.75. The van der Waals surface area contributed by atoms with Gasteiger partial charge in [-0.3, -0.25) is 0 Å². The van der Waals surface area contributed by atoms with Crippen LogP contribution in [0.3, 0.4) is 0 Å². The highest BCUT2D eigenvalue weighted by Crippen LogP contribution is 2.15. The molecule has 0 radical (unpaired) electrons. The van der Waals surface area contributed by atoms with E-state index in [4.69, 9.17) is 0 Å². The molecule has 13 heavy (non-hydrogen) atoms. The minimum Gasteiger partial charge on any atom is -0.448 e. The van der Waals surface area contributed by atoms with Gasteiger partial charge >= 0.3 is 6.98 Å². The summed E-state index contributed by atoms with van der Waals surface area (Å²) in [4.78, 5) is 2.12. The van der Waals surface area contributed by atoms with Crippen LogP contribution in [0, 0.1) is 0 Å². The van der Waals surface area contributed by atoms with Crippen LogP contribution in [0.5, 0.6) is 0 Å². The number of halogens is 3. The Hall–Kier alpha value is 0.165. The molecule has 1 nitrogen and oxygen atoms in total. The van der Waals surface area contributed by atoms with Crippen LogP contribution >= 0.6 is 11.8 Å². The third-order valence-corrected chi connectivity index (χ3v) is 2.84. The normalized spacial score (nSPS) is 12.5. The molecule has 6 heteroatoms. The molecule has 0 saturated heterocycles. The summed E-state index contributed by atoms with van der Waals surface area (Å²) in [6.45, 7) is 2.01. The van der Waals surface area contributed by atoms with E-state index in [9.17, 15) is 12.9 Å². The fourth-order valence-electron chi connectivity index (χ4n) is 0.950. The molecule has 0 aliphatic heterocycles. The second kappa shape index (κ2) is 6.59. The van der Waals surface area contributed by atoms with Gasteiger partial charge in [0, 0.05) is 12.3 Å². The summed E-state index contributed by atoms with van der Waals surface area (Å²) in [7, 11) is 0. The molecule has 0 aliphatic rings. The quantitative estimate of drug-likeness (QED) is 0.473. The van der Waals surface area contributed by atoms with E-state index < -0.39 is 12.6 Å². The maximum atomic E-state index is 11.8. The van der Waals surface area contributed by atoms with Crippen LogP contribution in [-0.4, -0.2) is 42.9 Å². The lowest BCUT2D eigenvalue weighted by molar-refractivity contribution is 0.324. The molecule has 0 N–H and O–H groups in total. The van der Waals surface area contributed by atoms with Crippen LogP contribution in [0.2, 0.25) is 0 Å². The highest BCUT2D eigenvalue weighted by Gasteiger charge is 2.22. The Labute approximate surface area is 82.1 Å². The Morgan fingerprint density at radius 2 is 1.69 bits per heavy atom. The average Bonchev–Trinajstić information content (AvgIpc) is 2.03. The molecule has 0 aromatic carbocycles. The zero-order chi connectivity index (χ0) is 10.3. The van der Waals surface area contributed by atoms with Crippen molar-refractivity contribution in [3.63, 3.8) is 0 Å². The first kappa shape index (κ1) is 13.2. The average molecular weight is 214 g/mol. The molecule has 0 fully saturated rings. The Bertz CT molecular complexity index is 127. The standard InChI is InChI=1S/C7H16BF3NS/c1-3-12(4-2)5-6-13-7-8(9,10)11/h3-7H2,1-2H3/q-1. The second-order valence-corrected chi connectivity index (χ2v) is 3.96. The minimum atomic E-state index is -4.60. The van der Waals surface area contributed by atoms with Gasteiger partial charge in [0.05, 0.1) is 0 Å². The molecular formula is C7H16BF3NS-.